The summed E-state index contributed by atoms with van der Waals surface area (Å²) in [5.74, 6) is 4.00. The van der Waals surface area contributed by atoms with E-state index in [1.807, 2.05) is 0 Å². The SMILES string of the molecule is C[C@@H]1C2CC(C[C@H]2N(C)C)[C@@H]1C. The van der Waals surface area contributed by atoms with Gasteiger partial charge in [0.15, 0.2) is 0 Å². The van der Waals surface area contributed by atoms with Crippen molar-refractivity contribution >= 4 is 0 Å². The lowest BCUT2D eigenvalue weighted by Crippen LogP contribution is -2.38. The maximum absolute atomic E-state index is 2.45. The summed E-state index contributed by atoms with van der Waals surface area (Å²) in [4.78, 5) is 2.44. The summed E-state index contributed by atoms with van der Waals surface area (Å²) in [5.41, 5.74) is 0. The van der Waals surface area contributed by atoms with Crippen LogP contribution in [0.5, 0.6) is 0 Å². The van der Waals surface area contributed by atoms with E-state index in [4.69, 9.17) is 0 Å². The predicted molar refractivity (Wildman–Crippen MR) is 52.0 cm³/mol. The van der Waals surface area contributed by atoms with Gasteiger partial charge in [0.05, 0.1) is 0 Å². The first kappa shape index (κ1) is 8.55. The third-order valence-corrected chi connectivity index (χ3v) is 4.52. The molecule has 0 aromatic heterocycles. The van der Waals surface area contributed by atoms with Gasteiger partial charge < -0.3 is 4.90 Å². The zero-order valence-corrected chi connectivity index (χ0v) is 8.75. The molecule has 0 aromatic rings. The molecule has 2 aliphatic rings. The molecule has 0 spiro atoms. The average Bonchev–Trinajstić information content (AvgIpc) is 2.53. The van der Waals surface area contributed by atoms with Crippen molar-refractivity contribution in [3.63, 3.8) is 0 Å². The van der Waals surface area contributed by atoms with Gasteiger partial charge in [-0.1, -0.05) is 13.8 Å². The normalized spacial score (nSPS) is 52.2. The van der Waals surface area contributed by atoms with Crippen molar-refractivity contribution in [3.8, 4) is 0 Å². The number of fused-ring (bicyclic) bond motifs is 2. The zero-order valence-electron chi connectivity index (χ0n) is 8.75. The van der Waals surface area contributed by atoms with Gasteiger partial charge in [0.2, 0.25) is 0 Å². The van der Waals surface area contributed by atoms with Crippen LogP contribution in [0.3, 0.4) is 0 Å². The second kappa shape index (κ2) is 2.73. The Morgan fingerprint density at radius 1 is 1.00 bits per heavy atom. The maximum atomic E-state index is 2.45. The molecule has 5 atom stereocenters. The van der Waals surface area contributed by atoms with Crippen molar-refractivity contribution in [2.24, 2.45) is 23.7 Å². The van der Waals surface area contributed by atoms with Crippen LogP contribution < -0.4 is 0 Å². The topological polar surface area (TPSA) is 3.24 Å². The Balaban J connectivity index is 2.10. The molecular formula is C11H21N. The van der Waals surface area contributed by atoms with E-state index in [1.54, 1.807) is 0 Å². The Bertz CT molecular complexity index is 174. The largest absolute Gasteiger partial charge is 0.306 e. The molecule has 70 valence electrons. The van der Waals surface area contributed by atoms with Gasteiger partial charge in [-0.25, -0.2) is 0 Å². The van der Waals surface area contributed by atoms with Crippen LogP contribution in [0.15, 0.2) is 0 Å². The molecule has 2 aliphatic carbocycles. The fraction of sp³-hybridized carbons (Fsp3) is 1.00. The molecule has 0 heterocycles. The predicted octanol–water partition coefficient (Wildman–Crippen LogP) is 2.23. The summed E-state index contributed by atoms with van der Waals surface area (Å²) in [7, 11) is 4.48. The first-order chi connectivity index (χ1) is 5.61. The van der Waals surface area contributed by atoms with Gasteiger partial charge >= 0.3 is 0 Å². The third kappa shape index (κ3) is 1.02. The summed E-state index contributed by atoms with van der Waals surface area (Å²) >= 11 is 0. The molecule has 0 aromatic carbocycles. The average molecular weight is 167 g/mol. The molecule has 2 saturated carbocycles. The first-order valence-electron chi connectivity index (χ1n) is 5.27. The van der Waals surface area contributed by atoms with Crippen LogP contribution in [0.2, 0.25) is 0 Å². The van der Waals surface area contributed by atoms with Gasteiger partial charge in [-0.15, -0.1) is 0 Å². The zero-order chi connectivity index (χ0) is 8.88. The molecule has 2 rings (SSSR count). The first-order valence-corrected chi connectivity index (χ1v) is 5.27. The Hall–Kier alpha value is -0.0400. The second-order valence-corrected chi connectivity index (χ2v) is 5.14. The maximum Gasteiger partial charge on any atom is 0.0123 e. The molecule has 1 heteroatoms. The van der Waals surface area contributed by atoms with Crippen molar-refractivity contribution in [2.75, 3.05) is 14.1 Å². The van der Waals surface area contributed by atoms with Crippen molar-refractivity contribution < 1.29 is 0 Å². The van der Waals surface area contributed by atoms with E-state index in [2.05, 4.69) is 32.8 Å². The van der Waals surface area contributed by atoms with Crippen LogP contribution in [0.25, 0.3) is 0 Å². The molecule has 0 aliphatic heterocycles. The van der Waals surface area contributed by atoms with E-state index < -0.39 is 0 Å². The van der Waals surface area contributed by atoms with Gasteiger partial charge in [0, 0.05) is 6.04 Å². The summed E-state index contributed by atoms with van der Waals surface area (Å²) < 4.78 is 0. The minimum absolute atomic E-state index is 0.890. The lowest BCUT2D eigenvalue weighted by Gasteiger charge is -2.35. The van der Waals surface area contributed by atoms with Gasteiger partial charge in [-0.05, 0) is 50.6 Å². The molecule has 1 nitrogen and oxygen atoms in total. The van der Waals surface area contributed by atoms with Crippen molar-refractivity contribution in [3.05, 3.63) is 0 Å². The minimum atomic E-state index is 0.890. The van der Waals surface area contributed by atoms with Crippen LogP contribution in [-0.4, -0.2) is 25.0 Å². The fourth-order valence-electron chi connectivity index (χ4n) is 3.50. The third-order valence-electron chi connectivity index (χ3n) is 4.52. The Kier molecular flexibility index (Phi) is 1.95. The smallest absolute Gasteiger partial charge is 0.0123 e. The highest BCUT2D eigenvalue weighted by Crippen LogP contribution is 2.52. The van der Waals surface area contributed by atoms with E-state index in [9.17, 15) is 0 Å². The van der Waals surface area contributed by atoms with Crippen LogP contribution in [0.1, 0.15) is 26.7 Å². The lowest BCUT2D eigenvalue weighted by atomic mass is 9.79. The van der Waals surface area contributed by atoms with Crippen LogP contribution in [0, 0.1) is 23.7 Å². The van der Waals surface area contributed by atoms with Gasteiger partial charge in [0.1, 0.15) is 0 Å². The molecule has 0 N–H and O–H groups in total. The van der Waals surface area contributed by atoms with E-state index in [0.29, 0.717) is 0 Å². The highest BCUT2D eigenvalue weighted by Gasteiger charge is 2.49. The summed E-state index contributed by atoms with van der Waals surface area (Å²) in [6.45, 7) is 4.90. The van der Waals surface area contributed by atoms with E-state index >= 15 is 0 Å². The molecule has 2 bridgehead atoms. The highest BCUT2D eigenvalue weighted by atomic mass is 15.1. The Labute approximate surface area is 76.1 Å². The summed E-state index contributed by atoms with van der Waals surface area (Å²) in [5, 5.41) is 0. The number of nitrogens with zero attached hydrogens (tertiary/aromatic N) is 1. The Morgan fingerprint density at radius 2 is 1.67 bits per heavy atom. The van der Waals surface area contributed by atoms with Crippen LogP contribution in [0.4, 0.5) is 0 Å². The summed E-state index contributed by atoms with van der Waals surface area (Å²) in [6, 6.07) is 0.890. The molecule has 2 unspecified atom stereocenters. The lowest BCUT2D eigenvalue weighted by molar-refractivity contribution is 0.136. The molecule has 0 radical (unpaired) electrons. The monoisotopic (exact) mass is 167 g/mol. The van der Waals surface area contributed by atoms with Crippen LogP contribution in [-0.2, 0) is 0 Å². The molecular weight excluding hydrogens is 146 g/mol. The number of rotatable bonds is 1. The molecule has 2 fully saturated rings. The van der Waals surface area contributed by atoms with Crippen molar-refractivity contribution in [1.82, 2.24) is 4.90 Å². The quantitative estimate of drug-likeness (QED) is 0.579. The second-order valence-electron chi connectivity index (χ2n) is 5.14. The van der Waals surface area contributed by atoms with E-state index in [-0.39, 0.29) is 0 Å². The number of hydrogen-bond donors (Lipinski definition) is 0. The highest BCUT2D eigenvalue weighted by molar-refractivity contribution is 5.00. The van der Waals surface area contributed by atoms with Crippen LogP contribution >= 0.6 is 0 Å². The standard InChI is InChI=1S/C11H21N/c1-7-8(2)10-5-9(7)6-11(10)12(3)4/h7-11H,5-6H2,1-4H3/t7-,8+,9?,10?,11-/m1/s1. The molecule has 0 amide bonds. The fourth-order valence-corrected chi connectivity index (χ4v) is 3.50. The van der Waals surface area contributed by atoms with Gasteiger partial charge in [0.25, 0.3) is 0 Å². The Morgan fingerprint density at radius 3 is 2.08 bits per heavy atom. The number of hydrogen-bond acceptors (Lipinski definition) is 1. The van der Waals surface area contributed by atoms with Gasteiger partial charge in [-0.3, -0.25) is 0 Å². The van der Waals surface area contributed by atoms with Crippen molar-refractivity contribution in [2.45, 2.75) is 32.7 Å². The molecule has 0 saturated heterocycles. The summed E-state index contributed by atoms with van der Waals surface area (Å²) in [6.07, 6.45) is 2.97. The minimum Gasteiger partial charge on any atom is -0.306 e. The van der Waals surface area contributed by atoms with E-state index in [1.165, 1.54) is 12.8 Å². The van der Waals surface area contributed by atoms with Crippen molar-refractivity contribution in [1.29, 1.82) is 0 Å². The van der Waals surface area contributed by atoms with E-state index in [0.717, 1.165) is 29.7 Å². The molecule has 12 heavy (non-hydrogen) atoms. The van der Waals surface area contributed by atoms with Gasteiger partial charge in [-0.2, -0.15) is 0 Å².